The Morgan fingerprint density at radius 3 is 2.00 bits per heavy atom. The molecule has 124 valence electrons. The molecule has 0 aliphatic rings. The van der Waals surface area contributed by atoms with Crippen LogP contribution in [0, 0.1) is 0 Å². The van der Waals surface area contributed by atoms with Crippen LogP contribution < -0.4 is 5.32 Å². The molecule has 0 aliphatic heterocycles. The van der Waals surface area contributed by atoms with Gasteiger partial charge in [-0.05, 0) is 6.42 Å². The number of carboxylic acids is 1. The lowest BCUT2D eigenvalue weighted by atomic mass is 10.1. The molecule has 0 saturated heterocycles. The number of nitrogens with one attached hydrogen (secondary N) is 1. The van der Waals surface area contributed by atoms with Gasteiger partial charge in [0.15, 0.2) is 6.10 Å². The average Bonchev–Trinajstić information content (AvgIpc) is 2.45. The smallest absolute Gasteiger partial charge is 0.334 e. The monoisotopic (exact) mass is 301 g/mol. The van der Waals surface area contributed by atoms with Crippen LogP contribution in [0.25, 0.3) is 0 Å². The van der Waals surface area contributed by atoms with Crippen molar-refractivity contribution >= 4 is 11.9 Å². The zero-order valence-corrected chi connectivity index (χ0v) is 13.5. The highest BCUT2D eigenvalue weighted by molar-refractivity contribution is 5.78. The molecule has 1 amide bonds. The summed E-state index contributed by atoms with van der Waals surface area (Å²) in [7, 11) is 1.32. The van der Waals surface area contributed by atoms with Crippen LogP contribution in [0.1, 0.15) is 71.1 Å². The van der Waals surface area contributed by atoms with E-state index in [0.717, 1.165) is 12.8 Å². The van der Waals surface area contributed by atoms with Gasteiger partial charge in [-0.2, -0.15) is 0 Å². The molecule has 1 unspecified atom stereocenters. The summed E-state index contributed by atoms with van der Waals surface area (Å²) in [5.74, 6) is -1.15. The minimum absolute atomic E-state index is 0.0299. The lowest BCUT2D eigenvalue weighted by molar-refractivity contribution is -0.148. The topological polar surface area (TPSA) is 75.6 Å². The molecule has 0 aliphatic carbocycles. The summed E-state index contributed by atoms with van der Waals surface area (Å²) in [4.78, 5) is 22.2. The summed E-state index contributed by atoms with van der Waals surface area (Å²) in [6.07, 6.45) is 10.4. The Morgan fingerprint density at radius 2 is 1.52 bits per heavy atom. The standard InChI is InChI=1S/C16H31NO4/c1-3-4-5-6-7-8-9-10-11-12-15(18)17-13-14(21-2)16(19)20/h14H,3-13H2,1-2H3,(H,17,18)(H,19,20). The maximum Gasteiger partial charge on any atom is 0.334 e. The van der Waals surface area contributed by atoms with Crippen LogP contribution in [0.2, 0.25) is 0 Å². The first-order valence-corrected chi connectivity index (χ1v) is 8.14. The highest BCUT2D eigenvalue weighted by Gasteiger charge is 2.16. The van der Waals surface area contributed by atoms with Crippen molar-refractivity contribution in [2.75, 3.05) is 13.7 Å². The highest BCUT2D eigenvalue weighted by Crippen LogP contribution is 2.10. The maximum absolute atomic E-state index is 11.5. The normalized spacial score (nSPS) is 12.1. The van der Waals surface area contributed by atoms with Crippen LogP contribution in [0.4, 0.5) is 0 Å². The van der Waals surface area contributed by atoms with Crippen molar-refractivity contribution in [2.24, 2.45) is 0 Å². The van der Waals surface area contributed by atoms with E-state index in [-0.39, 0.29) is 12.5 Å². The van der Waals surface area contributed by atoms with Gasteiger partial charge in [-0.25, -0.2) is 4.79 Å². The average molecular weight is 301 g/mol. The first-order chi connectivity index (χ1) is 10.1. The van der Waals surface area contributed by atoms with Gasteiger partial charge in [0.2, 0.25) is 5.91 Å². The van der Waals surface area contributed by atoms with Crippen molar-refractivity contribution in [2.45, 2.75) is 77.2 Å². The molecule has 0 fully saturated rings. The molecule has 21 heavy (non-hydrogen) atoms. The molecule has 0 aromatic carbocycles. The molecule has 1 atom stereocenters. The summed E-state index contributed by atoms with van der Waals surface area (Å²) in [6, 6.07) is 0. The van der Waals surface area contributed by atoms with E-state index in [1.54, 1.807) is 0 Å². The molecule has 0 rings (SSSR count). The lowest BCUT2D eigenvalue weighted by Gasteiger charge is -2.11. The van der Waals surface area contributed by atoms with Crippen molar-refractivity contribution in [1.29, 1.82) is 0 Å². The molecule has 0 aromatic rings. The minimum atomic E-state index is -1.05. The van der Waals surface area contributed by atoms with Crippen LogP contribution in [-0.4, -0.2) is 36.7 Å². The Bertz CT molecular complexity index is 281. The van der Waals surface area contributed by atoms with Gasteiger partial charge in [0.05, 0.1) is 6.54 Å². The molecule has 5 nitrogen and oxygen atoms in total. The van der Waals surface area contributed by atoms with E-state index in [9.17, 15) is 9.59 Å². The van der Waals surface area contributed by atoms with Crippen molar-refractivity contribution in [3.8, 4) is 0 Å². The summed E-state index contributed by atoms with van der Waals surface area (Å²) < 4.78 is 4.75. The van der Waals surface area contributed by atoms with Crippen LogP contribution in [-0.2, 0) is 14.3 Å². The molecule has 5 heteroatoms. The molecular formula is C16H31NO4. The number of ether oxygens (including phenoxy) is 1. The van der Waals surface area contributed by atoms with Crippen LogP contribution >= 0.6 is 0 Å². The van der Waals surface area contributed by atoms with Gasteiger partial charge in [0.1, 0.15) is 0 Å². The Labute approximate surface area is 128 Å². The first kappa shape index (κ1) is 19.9. The fourth-order valence-corrected chi connectivity index (χ4v) is 2.16. The second-order valence-electron chi connectivity index (χ2n) is 5.45. The highest BCUT2D eigenvalue weighted by atomic mass is 16.5. The van der Waals surface area contributed by atoms with Crippen molar-refractivity contribution in [3.63, 3.8) is 0 Å². The third-order valence-electron chi connectivity index (χ3n) is 3.55. The zero-order valence-electron chi connectivity index (χ0n) is 13.5. The second kappa shape index (κ2) is 13.9. The number of unbranched alkanes of at least 4 members (excludes halogenated alkanes) is 8. The second-order valence-corrected chi connectivity index (χ2v) is 5.45. The van der Waals surface area contributed by atoms with Gasteiger partial charge in [0, 0.05) is 13.5 Å². The Hall–Kier alpha value is -1.10. The number of hydrogen-bond acceptors (Lipinski definition) is 3. The van der Waals surface area contributed by atoms with E-state index in [2.05, 4.69) is 12.2 Å². The summed E-state index contributed by atoms with van der Waals surface area (Å²) >= 11 is 0. The van der Waals surface area contributed by atoms with Gasteiger partial charge in [-0.15, -0.1) is 0 Å². The Kier molecular flexibility index (Phi) is 13.1. The fraction of sp³-hybridized carbons (Fsp3) is 0.875. The van der Waals surface area contributed by atoms with Crippen molar-refractivity contribution < 1.29 is 19.4 Å². The Morgan fingerprint density at radius 1 is 1.00 bits per heavy atom. The molecule has 0 aromatic heterocycles. The molecule has 0 bridgehead atoms. The number of amides is 1. The van der Waals surface area contributed by atoms with Gasteiger partial charge >= 0.3 is 5.97 Å². The SMILES string of the molecule is CCCCCCCCCCCC(=O)NCC(OC)C(=O)O. The minimum Gasteiger partial charge on any atom is -0.479 e. The molecule has 0 saturated carbocycles. The summed E-state index contributed by atoms with van der Waals surface area (Å²) in [6.45, 7) is 2.25. The predicted molar refractivity (Wildman–Crippen MR) is 83.3 cm³/mol. The van der Waals surface area contributed by atoms with E-state index >= 15 is 0 Å². The maximum atomic E-state index is 11.5. The van der Waals surface area contributed by atoms with Gasteiger partial charge in [-0.1, -0.05) is 58.3 Å². The third kappa shape index (κ3) is 12.4. The van der Waals surface area contributed by atoms with E-state index in [1.807, 2.05) is 0 Å². The number of hydrogen-bond donors (Lipinski definition) is 2. The Balaban J connectivity index is 3.39. The number of methoxy groups -OCH3 is 1. The molecule has 0 heterocycles. The van der Waals surface area contributed by atoms with Gasteiger partial charge in [0.25, 0.3) is 0 Å². The van der Waals surface area contributed by atoms with Crippen molar-refractivity contribution in [3.05, 3.63) is 0 Å². The summed E-state index contributed by atoms with van der Waals surface area (Å²) in [5, 5.41) is 11.4. The van der Waals surface area contributed by atoms with Crippen LogP contribution in [0.3, 0.4) is 0 Å². The number of carboxylic acid groups (broad SMARTS) is 1. The fourth-order valence-electron chi connectivity index (χ4n) is 2.16. The van der Waals surface area contributed by atoms with E-state index < -0.39 is 12.1 Å². The predicted octanol–water partition coefficient (Wildman–Crippen LogP) is 3.12. The molecular weight excluding hydrogens is 270 g/mol. The van der Waals surface area contributed by atoms with E-state index in [0.29, 0.717) is 6.42 Å². The largest absolute Gasteiger partial charge is 0.479 e. The third-order valence-corrected chi connectivity index (χ3v) is 3.55. The molecule has 0 spiro atoms. The summed E-state index contributed by atoms with van der Waals surface area (Å²) in [5.41, 5.74) is 0. The quantitative estimate of drug-likeness (QED) is 0.483. The number of carbonyl (C=O) groups excluding carboxylic acids is 1. The molecule has 2 N–H and O–H groups in total. The number of aliphatic carboxylic acids is 1. The lowest BCUT2D eigenvalue weighted by Crippen LogP contribution is -2.37. The van der Waals surface area contributed by atoms with Crippen LogP contribution in [0.5, 0.6) is 0 Å². The number of carbonyl (C=O) groups is 2. The first-order valence-electron chi connectivity index (χ1n) is 8.14. The van der Waals surface area contributed by atoms with Crippen molar-refractivity contribution in [1.82, 2.24) is 5.32 Å². The number of rotatable bonds is 14. The molecule has 0 radical (unpaired) electrons. The van der Waals surface area contributed by atoms with E-state index in [4.69, 9.17) is 9.84 Å². The van der Waals surface area contributed by atoms with Crippen LogP contribution in [0.15, 0.2) is 0 Å². The zero-order chi connectivity index (χ0) is 15.9. The van der Waals surface area contributed by atoms with Gasteiger partial charge in [-0.3, -0.25) is 4.79 Å². The van der Waals surface area contributed by atoms with Gasteiger partial charge < -0.3 is 15.2 Å². The van der Waals surface area contributed by atoms with E-state index in [1.165, 1.54) is 52.1 Å².